The van der Waals surface area contributed by atoms with Crippen molar-refractivity contribution >= 4 is 114 Å². The average Bonchev–Trinajstić information content (AvgIpc) is 2.93. The van der Waals surface area contributed by atoms with Crippen molar-refractivity contribution in [1.82, 2.24) is 9.97 Å². The van der Waals surface area contributed by atoms with E-state index in [-0.39, 0.29) is 48.0 Å². The largest absolute Gasteiger partial charge is 0.378 e. The fourth-order valence-corrected chi connectivity index (χ4v) is 4.71. The summed E-state index contributed by atoms with van der Waals surface area (Å²) >= 11 is 0. The molecular formula is C34H40I2N6. The highest BCUT2D eigenvalue weighted by atomic mass is 127. The van der Waals surface area contributed by atoms with Gasteiger partial charge in [-0.05, 0) is 60.7 Å². The molecule has 6 aromatic rings. The van der Waals surface area contributed by atoms with Gasteiger partial charge >= 0.3 is 0 Å². The van der Waals surface area contributed by atoms with E-state index in [9.17, 15) is 0 Å². The van der Waals surface area contributed by atoms with Gasteiger partial charge in [-0.3, -0.25) is 0 Å². The first-order valence-electron chi connectivity index (χ1n) is 13.5. The first kappa shape index (κ1) is 33.4. The van der Waals surface area contributed by atoms with Crippen molar-refractivity contribution < 1.29 is 0 Å². The van der Waals surface area contributed by atoms with Crippen molar-refractivity contribution in [2.45, 2.75) is 0 Å². The molecule has 0 amide bonds. The third-order valence-corrected chi connectivity index (χ3v) is 7.23. The van der Waals surface area contributed by atoms with E-state index in [0.717, 1.165) is 22.1 Å². The van der Waals surface area contributed by atoms with Crippen LogP contribution in [0.5, 0.6) is 0 Å². The Morgan fingerprint density at radius 3 is 0.738 bits per heavy atom. The lowest BCUT2D eigenvalue weighted by Gasteiger charge is -2.14. The highest BCUT2D eigenvalue weighted by Gasteiger charge is 2.06. The molecule has 2 heterocycles. The third kappa shape index (κ3) is 7.26. The van der Waals surface area contributed by atoms with Gasteiger partial charge in [-0.15, -0.1) is 48.0 Å². The second-order valence-electron chi connectivity index (χ2n) is 11.1. The minimum atomic E-state index is 0. The predicted molar refractivity (Wildman–Crippen MR) is 207 cm³/mol. The van der Waals surface area contributed by atoms with Gasteiger partial charge in [-0.25, -0.2) is 9.97 Å². The second-order valence-corrected chi connectivity index (χ2v) is 11.1. The van der Waals surface area contributed by atoms with E-state index in [2.05, 4.69) is 105 Å². The molecule has 0 spiro atoms. The van der Waals surface area contributed by atoms with Crippen LogP contribution in [0.15, 0.2) is 84.9 Å². The Kier molecular flexibility index (Phi) is 11.0. The molecule has 0 bridgehead atoms. The number of nitrogens with zero attached hydrogens (tertiary/aromatic N) is 6. The van der Waals surface area contributed by atoms with Gasteiger partial charge in [0.05, 0.1) is 22.1 Å². The summed E-state index contributed by atoms with van der Waals surface area (Å²) < 4.78 is 0. The summed E-state index contributed by atoms with van der Waals surface area (Å²) in [6, 6.07) is 30.0. The zero-order chi connectivity index (χ0) is 28.6. The van der Waals surface area contributed by atoms with E-state index >= 15 is 0 Å². The number of rotatable bonds is 4. The molecule has 0 radical (unpaired) electrons. The van der Waals surface area contributed by atoms with Crippen LogP contribution in [-0.2, 0) is 0 Å². The van der Waals surface area contributed by atoms with Crippen molar-refractivity contribution in [2.24, 2.45) is 0 Å². The first-order chi connectivity index (χ1) is 19.1. The van der Waals surface area contributed by atoms with Crippen molar-refractivity contribution in [3.63, 3.8) is 0 Å². The molecule has 220 valence electrons. The van der Waals surface area contributed by atoms with Gasteiger partial charge in [0.1, 0.15) is 0 Å². The Morgan fingerprint density at radius 2 is 0.548 bits per heavy atom. The summed E-state index contributed by atoms with van der Waals surface area (Å²) in [4.78, 5) is 18.0. The molecule has 8 heteroatoms. The Balaban J connectivity index is 0.000000220. The van der Waals surface area contributed by atoms with Crippen molar-refractivity contribution in [3.8, 4) is 0 Å². The number of hydrogen-bond acceptors (Lipinski definition) is 6. The minimum Gasteiger partial charge on any atom is -0.378 e. The van der Waals surface area contributed by atoms with Crippen LogP contribution in [0.1, 0.15) is 0 Å². The van der Waals surface area contributed by atoms with Gasteiger partial charge in [0.25, 0.3) is 0 Å². The molecule has 6 rings (SSSR count). The number of anilines is 4. The maximum absolute atomic E-state index is 4.81. The summed E-state index contributed by atoms with van der Waals surface area (Å²) in [5, 5.41) is 4.72. The van der Waals surface area contributed by atoms with Crippen molar-refractivity contribution in [1.29, 1.82) is 0 Å². The highest BCUT2D eigenvalue weighted by Crippen LogP contribution is 2.27. The molecule has 0 aliphatic carbocycles. The smallest absolute Gasteiger partial charge is 0.0730 e. The Labute approximate surface area is 283 Å². The number of hydrogen-bond donors (Lipinski definition) is 0. The molecule has 4 aromatic carbocycles. The predicted octanol–water partition coefficient (Wildman–Crippen LogP) is 8.28. The normalized spacial score (nSPS) is 10.5. The van der Waals surface area contributed by atoms with Crippen LogP contribution in [0.25, 0.3) is 43.6 Å². The molecule has 0 unspecified atom stereocenters. The van der Waals surface area contributed by atoms with Gasteiger partial charge in [0.2, 0.25) is 0 Å². The van der Waals surface area contributed by atoms with E-state index in [1.807, 2.05) is 56.4 Å². The highest BCUT2D eigenvalue weighted by molar-refractivity contribution is 14.0. The van der Waals surface area contributed by atoms with Gasteiger partial charge < -0.3 is 19.6 Å². The number of pyridine rings is 2. The summed E-state index contributed by atoms with van der Waals surface area (Å²) in [6.45, 7) is 0. The molecule has 6 nitrogen and oxygen atoms in total. The van der Waals surface area contributed by atoms with E-state index in [1.54, 1.807) is 0 Å². The molecule has 0 aliphatic rings. The molecule has 0 fully saturated rings. The summed E-state index contributed by atoms with van der Waals surface area (Å²) in [6.07, 6.45) is 0. The van der Waals surface area contributed by atoms with Crippen LogP contribution in [-0.4, -0.2) is 66.3 Å². The van der Waals surface area contributed by atoms with Crippen molar-refractivity contribution in [3.05, 3.63) is 84.9 Å². The van der Waals surface area contributed by atoms with Gasteiger partial charge in [-0.1, -0.05) is 24.3 Å². The van der Waals surface area contributed by atoms with E-state index in [4.69, 9.17) is 9.97 Å². The maximum Gasteiger partial charge on any atom is 0.0730 e. The van der Waals surface area contributed by atoms with Crippen LogP contribution in [0.3, 0.4) is 0 Å². The Bertz CT molecular complexity index is 1570. The quantitative estimate of drug-likeness (QED) is 0.132. The number of halogens is 2. The molecular weight excluding hydrogens is 746 g/mol. The third-order valence-electron chi connectivity index (χ3n) is 7.23. The maximum atomic E-state index is 4.81. The Hall–Kier alpha value is -3.12. The molecule has 0 saturated heterocycles. The zero-order valence-corrected chi connectivity index (χ0v) is 30.2. The van der Waals surface area contributed by atoms with Crippen LogP contribution in [0.2, 0.25) is 0 Å². The lowest BCUT2D eigenvalue weighted by molar-refractivity contribution is 1.13. The van der Waals surface area contributed by atoms with E-state index in [1.165, 1.54) is 44.3 Å². The number of fused-ring (bicyclic) bond motifs is 4. The SMILES string of the molecule is CN(C)c1ccc2cc3ccc(N(C)C)cc3nc2c1.CN(C)c1ccc2cc3ccc(N(C)C)cc3nc2c1.I.I. The van der Waals surface area contributed by atoms with Crippen LogP contribution >= 0.6 is 48.0 Å². The monoisotopic (exact) mass is 786 g/mol. The minimum absolute atomic E-state index is 0. The molecule has 0 N–H and O–H groups in total. The van der Waals surface area contributed by atoms with Gasteiger partial charge in [-0.2, -0.15) is 0 Å². The summed E-state index contributed by atoms with van der Waals surface area (Å²) in [5.74, 6) is 0. The van der Waals surface area contributed by atoms with Crippen LogP contribution in [0.4, 0.5) is 22.7 Å². The molecule has 0 atom stereocenters. The standard InChI is InChI=1S/2C17H19N3.2HI/c2*1-19(2)14-7-5-12-9-13-6-8-15(20(3)4)11-17(13)18-16(12)10-14;;/h2*5-11H,1-4H3;2*1H. The molecule has 42 heavy (non-hydrogen) atoms. The summed E-state index contributed by atoms with van der Waals surface area (Å²) in [5.41, 5.74) is 8.86. The fraction of sp³-hybridized carbons (Fsp3) is 0.235. The number of benzene rings is 4. The lowest BCUT2D eigenvalue weighted by Crippen LogP contribution is -2.08. The fourth-order valence-electron chi connectivity index (χ4n) is 4.71. The topological polar surface area (TPSA) is 38.7 Å². The van der Waals surface area contributed by atoms with Gasteiger partial charge in [0.15, 0.2) is 0 Å². The first-order valence-corrected chi connectivity index (χ1v) is 13.5. The van der Waals surface area contributed by atoms with Gasteiger partial charge in [0, 0.05) is 101 Å². The van der Waals surface area contributed by atoms with Crippen LogP contribution in [0, 0.1) is 0 Å². The Morgan fingerprint density at radius 1 is 0.333 bits per heavy atom. The molecule has 0 saturated carbocycles. The van der Waals surface area contributed by atoms with Crippen molar-refractivity contribution in [2.75, 3.05) is 76.0 Å². The molecule has 2 aromatic heterocycles. The molecule has 0 aliphatic heterocycles. The van der Waals surface area contributed by atoms with E-state index < -0.39 is 0 Å². The number of aromatic nitrogens is 2. The lowest BCUT2D eigenvalue weighted by atomic mass is 10.1. The van der Waals surface area contributed by atoms with E-state index in [0.29, 0.717) is 0 Å². The second kappa shape index (κ2) is 13.9. The average molecular weight is 787 g/mol. The summed E-state index contributed by atoms with van der Waals surface area (Å²) in [7, 11) is 16.4. The zero-order valence-electron chi connectivity index (χ0n) is 25.6. The van der Waals surface area contributed by atoms with Crippen LogP contribution < -0.4 is 19.6 Å².